The van der Waals surface area contributed by atoms with Gasteiger partial charge in [-0.3, -0.25) is 4.72 Å². The van der Waals surface area contributed by atoms with E-state index in [-0.39, 0.29) is 16.5 Å². The molecule has 0 saturated carbocycles. The van der Waals surface area contributed by atoms with Crippen LogP contribution in [0, 0.1) is 5.82 Å². The maximum Gasteiger partial charge on any atom is 0.263 e. The minimum absolute atomic E-state index is 0.165. The van der Waals surface area contributed by atoms with Crippen molar-refractivity contribution in [2.75, 3.05) is 10.0 Å². The summed E-state index contributed by atoms with van der Waals surface area (Å²) < 4.78 is 40.4. The molecule has 7 heteroatoms. The molecule has 25 heavy (non-hydrogen) atoms. The third-order valence-electron chi connectivity index (χ3n) is 3.50. The van der Waals surface area contributed by atoms with Crippen molar-refractivity contribution in [2.45, 2.75) is 11.4 Å². The molecule has 1 heterocycles. The van der Waals surface area contributed by atoms with E-state index in [1.165, 1.54) is 24.4 Å². The zero-order valence-corrected chi connectivity index (χ0v) is 14.0. The molecule has 2 N–H and O–H groups in total. The lowest BCUT2D eigenvalue weighted by molar-refractivity contribution is 0.601. The van der Waals surface area contributed by atoms with Crippen molar-refractivity contribution < 1.29 is 12.8 Å². The molecule has 1 aromatic heterocycles. The maximum atomic E-state index is 13.6. The van der Waals surface area contributed by atoms with Crippen molar-refractivity contribution in [1.29, 1.82) is 0 Å². The highest BCUT2D eigenvalue weighted by Crippen LogP contribution is 2.16. The highest BCUT2D eigenvalue weighted by molar-refractivity contribution is 7.92. The summed E-state index contributed by atoms with van der Waals surface area (Å²) >= 11 is 0. The number of halogens is 1. The Bertz CT molecular complexity index is 946. The molecule has 0 bridgehead atoms. The number of sulfonamides is 1. The molecule has 0 aliphatic heterocycles. The average molecular weight is 357 g/mol. The molecular formula is C18H16FN3O2S. The van der Waals surface area contributed by atoms with E-state index in [1.807, 2.05) is 0 Å². The first kappa shape index (κ1) is 16.9. The second-order valence-electron chi connectivity index (χ2n) is 5.30. The largest absolute Gasteiger partial charge is 0.380 e. The normalized spacial score (nSPS) is 11.1. The molecule has 0 saturated heterocycles. The van der Waals surface area contributed by atoms with E-state index < -0.39 is 10.0 Å². The summed E-state index contributed by atoms with van der Waals surface area (Å²) in [5.74, 6) is -0.0736. The standard InChI is InChI=1S/C18H16FN3O2S/c19-17-9-5-4-6-14(17)12-20-15-10-11-18(21-13-15)22-25(23,24)16-7-2-1-3-8-16/h1-11,13,20H,12H2,(H,21,22). The molecule has 0 atom stereocenters. The van der Waals surface area contributed by atoms with Crippen molar-refractivity contribution in [1.82, 2.24) is 4.98 Å². The van der Waals surface area contributed by atoms with Gasteiger partial charge in [-0.1, -0.05) is 36.4 Å². The lowest BCUT2D eigenvalue weighted by Gasteiger charge is -2.09. The van der Waals surface area contributed by atoms with Crippen LogP contribution in [0.15, 0.2) is 77.8 Å². The van der Waals surface area contributed by atoms with E-state index in [0.29, 0.717) is 17.8 Å². The second kappa shape index (κ2) is 7.31. The van der Waals surface area contributed by atoms with Gasteiger partial charge in [0.1, 0.15) is 11.6 Å². The van der Waals surface area contributed by atoms with Crippen LogP contribution < -0.4 is 10.0 Å². The quantitative estimate of drug-likeness (QED) is 0.707. The Labute approximate surface area is 145 Å². The summed E-state index contributed by atoms with van der Waals surface area (Å²) in [5.41, 5.74) is 1.20. The molecule has 3 rings (SSSR count). The molecule has 5 nitrogen and oxygen atoms in total. The summed E-state index contributed by atoms with van der Waals surface area (Å²) in [4.78, 5) is 4.24. The first-order chi connectivity index (χ1) is 12.0. The monoisotopic (exact) mass is 357 g/mol. The topological polar surface area (TPSA) is 71.1 Å². The SMILES string of the molecule is O=S(=O)(Nc1ccc(NCc2ccccc2F)cn1)c1ccccc1. The molecule has 0 fully saturated rings. The van der Waals surface area contributed by atoms with Crippen molar-refractivity contribution in [3.63, 3.8) is 0 Å². The number of nitrogens with one attached hydrogen (secondary N) is 2. The average Bonchev–Trinajstić information content (AvgIpc) is 2.63. The number of aromatic nitrogens is 1. The highest BCUT2D eigenvalue weighted by Gasteiger charge is 2.13. The van der Waals surface area contributed by atoms with Gasteiger partial charge >= 0.3 is 0 Å². The number of hydrogen-bond acceptors (Lipinski definition) is 4. The van der Waals surface area contributed by atoms with Gasteiger partial charge in [-0.2, -0.15) is 0 Å². The number of rotatable bonds is 6. The van der Waals surface area contributed by atoms with Crippen LogP contribution in [0.5, 0.6) is 0 Å². The third kappa shape index (κ3) is 4.33. The molecule has 3 aromatic rings. The van der Waals surface area contributed by atoms with Gasteiger partial charge in [-0.05, 0) is 30.3 Å². The number of anilines is 2. The minimum Gasteiger partial charge on any atom is -0.380 e. The highest BCUT2D eigenvalue weighted by atomic mass is 32.2. The van der Waals surface area contributed by atoms with Crippen LogP contribution in [0.25, 0.3) is 0 Å². The van der Waals surface area contributed by atoms with Crippen LogP contribution >= 0.6 is 0 Å². The maximum absolute atomic E-state index is 13.6. The lowest BCUT2D eigenvalue weighted by Crippen LogP contribution is -2.13. The van der Waals surface area contributed by atoms with E-state index in [9.17, 15) is 12.8 Å². The van der Waals surface area contributed by atoms with Crippen molar-refractivity contribution in [3.8, 4) is 0 Å². The smallest absolute Gasteiger partial charge is 0.263 e. The third-order valence-corrected chi connectivity index (χ3v) is 4.87. The molecule has 0 unspecified atom stereocenters. The summed E-state index contributed by atoms with van der Waals surface area (Å²) in [5, 5.41) is 3.04. The molecule has 2 aromatic carbocycles. The van der Waals surface area contributed by atoms with Gasteiger partial charge in [0.25, 0.3) is 10.0 Å². The van der Waals surface area contributed by atoms with Crippen LogP contribution in [0.3, 0.4) is 0 Å². The number of pyridine rings is 1. The first-order valence-electron chi connectivity index (χ1n) is 7.56. The summed E-state index contributed by atoms with van der Waals surface area (Å²) in [6.45, 7) is 0.309. The fourth-order valence-corrected chi connectivity index (χ4v) is 3.22. The predicted molar refractivity (Wildman–Crippen MR) is 95.2 cm³/mol. The Morgan fingerprint density at radius 3 is 2.32 bits per heavy atom. The van der Waals surface area contributed by atoms with E-state index >= 15 is 0 Å². The van der Waals surface area contributed by atoms with E-state index in [1.54, 1.807) is 48.5 Å². The predicted octanol–water partition coefficient (Wildman–Crippen LogP) is 3.63. The summed E-state index contributed by atoms with van der Waals surface area (Å²) in [7, 11) is -3.67. The lowest BCUT2D eigenvalue weighted by atomic mass is 10.2. The molecular weight excluding hydrogens is 341 g/mol. The minimum atomic E-state index is -3.67. The van der Waals surface area contributed by atoms with Gasteiger partial charge in [0, 0.05) is 12.1 Å². The molecule has 0 radical (unpaired) electrons. The van der Waals surface area contributed by atoms with Gasteiger partial charge in [0.05, 0.1) is 16.8 Å². The number of benzene rings is 2. The van der Waals surface area contributed by atoms with Crippen LogP contribution in [0.4, 0.5) is 15.9 Å². The molecule has 0 aliphatic rings. The van der Waals surface area contributed by atoms with Crippen LogP contribution in [-0.2, 0) is 16.6 Å². The van der Waals surface area contributed by atoms with Gasteiger partial charge < -0.3 is 5.32 Å². The second-order valence-corrected chi connectivity index (χ2v) is 6.98. The van der Waals surface area contributed by atoms with E-state index in [4.69, 9.17) is 0 Å². The zero-order chi connectivity index (χ0) is 17.7. The van der Waals surface area contributed by atoms with Crippen LogP contribution in [-0.4, -0.2) is 13.4 Å². The van der Waals surface area contributed by atoms with Crippen molar-refractivity contribution in [3.05, 3.63) is 84.3 Å². The van der Waals surface area contributed by atoms with Gasteiger partial charge in [-0.25, -0.2) is 17.8 Å². The Hall–Kier alpha value is -2.93. The van der Waals surface area contributed by atoms with Crippen molar-refractivity contribution >= 4 is 21.5 Å². The van der Waals surface area contributed by atoms with Gasteiger partial charge in [0.2, 0.25) is 0 Å². The Morgan fingerprint density at radius 1 is 0.920 bits per heavy atom. The fraction of sp³-hybridized carbons (Fsp3) is 0.0556. The molecule has 0 amide bonds. The van der Waals surface area contributed by atoms with E-state index in [0.717, 1.165) is 0 Å². The van der Waals surface area contributed by atoms with Gasteiger partial charge in [-0.15, -0.1) is 0 Å². The summed E-state index contributed by atoms with van der Waals surface area (Å²) in [6.07, 6.45) is 1.49. The number of hydrogen-bond donors (Lipinski definition) is 2. The molecule has 0 aliphatic carbocycles. The Morgan fingerprint density at radius 2 is 1.64 bits per heavy atom. The molecule has 128 valence electrons. The van der Waals surface area contributed by atoms with Gasteiger partial charge in [0.15, 0.2) is 0 Å². The van der Waals surface area contributed by atoms with Crippen LogP contribution in [0.1, 0.15) is 5.56 Å². The Balaban J connectivity index is 1.65. The fourth-order valence-electron chi connectivity index (χ4n) is 2.19. The molecule has 0 spiro atoms. The Kier molecular flexibility index (Phi) is 4.95. The summed E-state index contributed by atoms with van der Waals surface area (Å²) in [6, 6.07) is 17.8. The van der Waals surface area contributed by atoms with E-state index in [2.05, 4.69) is 15.0 Å². The van der Waals surface area contributed by atoms with Crippen LogP contribution in [0.2, 0.25) is 0 Å². The van der Waals surface area contributed by atoms with Crippen molar-refractivity contribution in [2.24, 2.45) is 0 Å². The zero-order valence-electron chi connectivity index (χ0n) is 13.2. The first-order valence-corrected chi connectivity index (χ1v) is 9.04. The number of nitrogens with zero attached hydrogens (tertiary/aromatic N) is 1.